The third-order valence-electron chi connectivity index (χ3n) is 9.90. The first kappa shape index (κ1) is 33.7. The number of rotatable bonds is 14. The second-order valence-corrected chi connectivity index (χ2v) is 13.9. The maximum atomic E-state index is 6.48. The van der Waals surface area contributed by atoms with Crippen molar-refractivity contribution in [2.24, 2.45) is 0 Å². The van der Waals surface area contributed by atoms with Crippen molar-refractivity contribution in [1.29, 1.82) is 0 Å². The van der Waals surface area contributed by atoms with Gasteiger partial charge in [0, 0.05) is 56.2 Å². The van der Waals surface area contributed by atoms with E-state index in [4.69, 9.17) is 35.6 Å². The summed E-state index contributed by atoms with van der Waals surface area (Å²) in [5.74, 6) is 1.58. The van der Waals surface area contributed by atoms with Crippen LogP contribution < -0.4 is 14.8 Å². The van der Waals surface area contributed by atoms with Crippen molar-refractivity contribution in [2.75, 3.05) is 32.2 Å². The Labute approximate surface area is 292 Å². The maximum Gasteiger partial charge on any atom is 0.257 e. The summed E-state index contributed by atoms with van der Waals surface area (Å²) in [6.07, 6.45) is 16.3. The van der Waals surface area contributed by atoms with E-state index in [1.807, 2.05) is 38.2 Å². The Bertz CT molecular complexity index is 1630. The lowest BCUT2D eigenvalue weighted by molar-refractivity contribution is -0.0458. The standard InChI is InChI=1S/C35H46ClN9O4/c1-23(12-13-46-3)49-34-32(18-44(42-34)27-5-7-28(8-6-27)45-29-9-10-30(45)20-47-19-29)41-35-38-15-26(16-39-35)25-4-11-31(36)33(14-25)48-24(2)17-43-22-37-21-40-43/h4,11,14-16,18,21-24,27-30H,5-10,12-13,17,19-20H2,1-3H3,(H,38,39,41)/t23?,24-,27-,28-,29-,30+/m0/s1. The number of methoxy groups -OCH3 is 1. The predicted octanol–water partition coefficient (Wildman–Crippen LogP) is 5.95. The molecule has 0 amide bonds. The molecule has 4 atom stereocenters. The van der Waals surface area contributed by atoms with Gasteiger partial charge in [-0.15, -0.1) is 5.10 Å². The van der Waals surface area contributed by atoms with Crippen LogP contribution in [0, 0.1) is 0 Å². The molecule has 1 saturated carbocycles. The molecule has 2 bridgehead atoms. The summed E-state index contributed by atoms with van der Waals surface area (Å²) in [7, 11) is 1.70. The molecule has 0 radical (unpaired) electrons. The van der Waals surface area contributed by atoms with Crippen LogP contribution in [0.2, 0.25) is 5.02 Å². The molecule has 1 unspecified atom stereocenters. The van der Waals surface area contributed by atoms with Crippen molar-refractivity contribution < 1.29 is 18.9 Å². The van der Waals surface area contributed by atoms with Crippen LogP contribution in [0.1, 0.15) is 64.8 Å². The SMILES string of the molecule is COCCC(C)Oc1nn([C@H]2CC[C@H](N3[C@@H]4CC[C@H]3COC4)CC2)cc1Nc1ncc(-c2ccc(Cl)c(O[C@@H](C)Cn3cncn3)c2)cn1. The van der Waals surface area contributed by atoms with Gasteiger partial charge in [-0.2, -0.15) is 5.10 Å². The Kier molecular flexibility index (Phi) is 10.6. The van der Waals surface area contributed by atoms with Gasteiger partial charge in [-0.3, -0.25) is 9.58 Å². The zero-order valence-corrected chi connectivity index (χ0v) is 29.2. The van der Waals surface area contributed by atoms with E-state index in [-0.39, 0.29) is 12.2 Å². The molecular weight excluding hydrogens is 646 g/mol. The second-order valence-electron chi connectivity index (χ2n) is 13.5. The summed E-state index contributed by atoms with van der Waals surface area (Å²) in [4.78, 5) is 16.1. The van der Waals surface area contributed by atoms with E-state index in [0.29, 0.717) is 59.9 Å². The Balaban J connectivity index is 1.03. The fourth-order valence-corrected chi connectivity index (χ4v) is 7.59. The van der Waals surface area contributed by atoms with Crippen LogP contribution in [0.15, 0.2) is 49.4 Å². The Hall–Kier alpha value is -3.78. The monoisotopic (exact) mass is 691 g/mol. The van der Waals surface area contributed by atoms with Gasteiger partial charge in [0.2, 0.25) is 5.95 Å². The Morgan fingerprint density at radius 1 is 0.939 bits per heavy atom. The molecule has 262 valence electrons. The molecule has 1 aromatic carbocycles. The lowest BCUT2D eigenvalue weighted by Crippen LogP contribution is -2.52. The van der Waals surface area contributed by atoms with E-state index in [1.54, 1.807) is 30.5 Å². The number of nitrogens with one attached hydrogen (secondary N) is 1. The molecule has 1 N–H and O–H groups in total. The Morgan fingerprint density at radius 2 is 1.67 bits per heavy atom. The first-order valence-corrected chi connectivity index (χ1v) is 17.8. The van der Waals surface area contributed by atoms with E-state index in [0.717, 1.165) is 49.3 Å². The molecule has 3 aliphatic rings. The van der Waals surface area contributed by atoms with Crippen LogP contribution in [0.5, 0.6) is 11.6 Å². The second kappa shape index (κ2) is 15.4. The predicted molar refractivity (Wildman–Crippen MR) is 185 cm³/mol. The number of morpholine rings is 1. The molecule has 4 aromatic rings. The Morgan fingerprint density at radius 3 is 2.39 bits per heavy atom. The number of ether oxygens (including phenoxy) is 4. The molecule has 1 aliphatic carbocycles. The normalized spacial score (nSPS) is 23.7. The average Bonchev–Trinajstić information content (AvgIpc) is 3.83. The number of anilines is 2. The summed E-state index contributed by atoms with van der Waals surface area (Å²) in [5, 5.41) is 13.0. The summed E-state index contributed by atoms with van der Waals surface area (Å²) in [6, 6.07) is 7.79. The fraction of sp³-hybridized carbons (Fsp3) is 0.571. The van der Waals surface area contributed by atoms with Crippen molar-refractivity contribution in [2.45, 2.75) is 102 Å². The minimum absolute atomic E-state index is 0.0695. The number of hydrogen-bond donors (Lipinski definition) is 1. The van der Waals surface area contributed by atoms with Crippen molar-refractivity contribution in [3.8, 4) is 22.8 Å². The highest BCUT2D eigenvalue weighted by molar-refractivity contribution is 6.32. The van der Waals surface area contributed by atoms with Gasteiger partial charge in [-0.25, -0.2) is 19.6 Å². The number of hydrogen-bond acceptors (Lipinski definition) is 11. The average molecular weight is 692 g/mol. The van der Waals surface area contributed by atoms with Gasteiger partial charge < -0.3 is 24.3 Å². The highest BCUT2D eigenvalue weighted by Gasteiger charge is 2.42. The van der Waals surface area contributed by atoms with E-state index in [9.17, 15) is 0 Å². The molecule has 0 spiro atoms. The number of halogens is 1. The van der Waals surface area contributed by atoms with Crippen molar-refractivity contribution in [3.05, 3.63) is 54.5 Å². The molecule has 13 nitrogen and oxygen atoms in total. The van der Waals surface area contributed by atoms with Crippen LogP contribution in [-0.2, 0) is 16.0 Å². The third-order valence-corrected chi connectivity index (χ3v) is 10.2. The van der Waals surface area contributed by atoms with Crippen molar-refractivity contribution in [3.63, 3.8) is 0 Å². The van der Waals surface area contributed by atoms with Gasteiger partial charge in [-0.1, -0.05) is 17.7 Å². The highest BCUT2D eigenvalue weighted by atomic mass is 35.5. The summed E-state index contributed by atoms with van der Waals surface area (Å²) >= 11 is 6.48. The summed E-state index contributed by atoms with van der Waals surface area (Å²) in [6.45, 7) is 6.93. The molecule has 5 heterocycles. The van der Waals surface area contributed by atoms with Crippen LogP contribution in [-0.4, -0.2) is 96.7 Å². The highest BCUT2D eigenvalue weighted by Crippen LogP contribution is 2.40. The molecule has 2 saturated heterocycles. The lowest BCUT2D eigenvalue weighted by atomic mass is 9.89. The molecule has 3 fully saturated rings. The summed E-state index contributed by atoms with van der Waals surface area (Å²) < 4.78 is 27.4. The molecule has 3 aromatic heterocycles. The molecular formula is C35H46ClN9O4. The molecule has 7 rings (SSSR count). The van der Waals surface area contributed by atoms with Crippen molar-refractivity contribution in [1.82, 2.24) is 39.4 Å². The van der Waals surface area contributed by atoms with E-state index < -0.39 is 0 Å². The van der Waals surface area contributed by atoms with Gasteiger partial charge in [0.1, 0.15) is 30.2 Å². The van der Waals surface area contributed by atoms with Crippen molar-refractivity contribution >= 4 is 23.2 Å². The maximum absolute atomic E-state index is 6.48. The fourth-order valence-electron chi connectivity index (χ4n) is 7.43. The number of nitrogens with zero attached hydrogens (tertiary/aromatic N) is 8. The lowest BCUT2D eigenvalue weighted by Gasteiger charge is -2.43. The topological polar surface area (TPSA) is 127 Å². The minimum atomic E-state index is -0.165. The van der Waals surface area contributed by atoms with Crippen LogP contribution in [0.3, 0.4) is 0 Å². The first-order chi connectivity index (χ1) is 23.9. The van der Waals surface area contributed by atoms with E-state index in [2.05, 4.69) is 34.9 Å². The smallest absolute Gasteiger partial charge is 0.257 e. The van der Waals surface area contributed by atoms with Gasteiger partial charge in [0.15, 0.2) is 0 Å². The van der Waals surface area contributed by atoms with Crippen LogP contribution in [0.25, 0.3) is 11.1 Å². The summed E-state index contributed by atoms with van der Waals surface area (Å²) in [5.41, 5.74) is 2.47. The number of fused-ring (bicyclic) bond motifs is 2. The first-order valence-electron chi connectivity index (χ1n) is 17.4. The third kappa shape index (κ3) is 8.01. The minimum Gasteiger partial charge on any atom is -0.487 e. The largest absolute Gasteiger partial charge is 0.487 e. The van der Waals surface area contributed by atoms with Crippen LogP contribution >= 0.6 is 11.6 Å². The molecule has 14 heteroatoms. The van der Waals surface area contributed by atoms with Gasteiger partial charge in [0.05, 0.1) is 43.1 Å². The quantitative estimate of drug-likeness (QED) is 0.169. The van der Waals surface area contributed by atoms with Gasteiger partial charge >= 0.3 is 0 Å². The molecule has 2 aliphatic heterocycles. The molecule has 49 heavy (non-hydrogen) atoms. The van der Waals surface area contributed by atoms with Crippen LogP contribution in [0.4, 0.5) is 11.6 Å². The number of aromatic nitrogens is 7. The number of benzene rings is 1. The zero-order valence-electron chi connectivity index (χ0n) is 28.4. The van der Waals surface area contributed by atoms with Gasteiger partial charge in [-0.05, 0) is 70.1 Å². The van der Waals surface area contributed by atoms with E-state index in [1.165, 1.54) is 32.0 Å². The zero-order chi connectivity index (χ0) is 33.7. The van der Waals surface area contributed by atoms with E-state index >= 15 is 0 Å². The van der Waals surface area contributed by atoms with Gasteiger partial charge in [0.25, 0.3) is 5.88 Å².